The molecule has 0 bridgehead atoms. The normalized spacial score (nSPS) is 10.4. The summed E-state index contributed by atoms with van der Waals surface area (Å²) in [5.74, 6) is -0.405. The van der Waals surface area contributed by atoms with Crippen LogP contribution in [0.15, 0.2) is 18.3 Å². The standard InChI is InChI=1S/C10H11N3O3/c1-3-16-10-12-11-8-5-4-7(6-13(8)10)9(14)15-2/h4-6H,3H2,1-2H3. The van der Waals surface area contributed by atoms with Gasteiger partial charge in [0.25, 0.3) is 0 Å². The molecule has 0 saturated carbocycles. The lowest BCUT2D eigenvalue weighted by atomic mass is 10.3. The van der Waals surface area contributed by atoms with Crippen LogP contribution in [0.3, 0.4) is 0 Å². The Morgan fingerprint density at radius 1 is 1.44 bits per heavy atom. The van der Waals surface area contributed by atoms with Gasteiger partial charge in [-0.05, 0) is 19.1 Å². The van der Waals surface area contributed by atoms with Crippen LogP contribution >= 0.6 is 0 Å². The minimum Gasteiger partial charge on any atom is -0.465 e. The fraction of sp³-hybridized carbons (Fsp3) is 0.300. The third-order valence-electron chi connectivity index (χ3n) is 2.07. The third-order valence-corrected chi connectivity index (χ3v) is 2.07. The molecule has 6 nitrogen and oxygen atoms in total. The molecule has 2 rings (SSSR count). The maximum absolute atomic E-state index is 11.3. The van der Waals surface area contributed by atoms with Crippen molar-refractivity contribution in [2.75, 3.05) is 13.7 Å². The summed E-state index contributed by atoms with van der Waals surface area (Å²) < 4.78 is 11.5. The first kappa shape index (κ1) is 10.4. The highest BCUT2D eigenvalue weighted by atomic mass is 16.5. The molecule has 84 valence electrons. The molecule has 0 aliphatic heterocycles. The van der Waals surface area contributed by atoms with Crippen LogP contribution in [-0.2, 0) is 4.74 Å². The first-order valence-electron chi connectivity index (χ1n) is 4.82. The van der Waals surface area contributed by atoms with Crippen LogP contribution in [0.5, 0.6) is 6.01 Å². The molecule has 0 N–H and O–H groups in total. The van der Waals surface area contributed by atoms with Gasteiger partial charge in [-0.25, -0.2) is 4.79 Å². The van der Waals surface area contributed by atoms with Crippen molar-refractivity contribution in [1.82, 2.24) is 14.6 Å². The maximum Gasteiger partial charge on any atom is 0.339 e. The zero-order valence-electron chi connectivity index (χ0n) is 9.01. The summed E-state index contributed by atoms with van der Waals surface area (Å²) in [7, 11) is 1.34. The molecule has 2 heterocycles. The Labute approximate surface area is 91.8 Å². The van der Waals surface area contributed by atoms with Gasteiger partial charge in [0, 0.05) is 6.20 Å². The van der Waals surface area contributed by atoms with Gasteiger partial charge < -0.3 is 9.47 Å². The lowest BCUT2D eigenvalue weighted by molar-refractivity contribution is 0.0600. The second kappa shape index (κ2) is 4.18. The number of rotatable bonds is 3. The van der Waals surface area contributed by atoms with Crippen molar-refractivity contribution < 1.29 is 14.3 Å². The molecule has 2 aromatic rings. The van der Waals surface area contributed by atoms with E-state index in [1.807, 2.05) is 6.92 Å². The Balaban J connectivity index is 2.49. The first-order chi connectivity index (χ1) is 7.76. The molecule has 0 radical (unpaired) electrons. The Morgan fingerprint density at radius 2 is 2.25 bits per heavy atom. The molecule has 0 fully saturated rings. The maximum atomic E-state index is 11.3. The second-order valence-corrected chi connectivity index (χ2v) is 3.05. The van der Waals surface area contributed by atoms with E-state index in [0.717, 1.165) is 0 Å². The van der Waals surface area contributed by atoms with Crippen LogP contribution in [0.1, 0.15) is 17.3 Å². The molecular formula is C10H11N3O3. The minimum absolute atomic E-state index is 0.364. The third kappa shape index (κ3) is 1.69. The lowest BCUT2D eigenvalue weighted by Gasteiger charge is -2.02. The van der Waals surface area contributed by atoms with E-state index in [2.05, 4.69) is 14.9 Å². The van der Waals surface area contributed by atoms with Crippen molar-refractivity contribution >= 4 is 11.6 Å². The molecule has 6 heteroatoms. The molecular weight excluding hydrogens is 210 g/mol. The van der Waals surface area contributed by atoms with E-state index in [1.165, 1.54) is 7.11 Å². The van der Waals surface area contributed by atoms with Crippen molar-refractivity contribution in [1.29, 1.82) is 0 Å². The molecule has 16 heavy (non-hydrogen) atoms. The summed E-state index contributed by atoms with van der Waals surface area (Å²) in [6, 6.07) is 3.68. The topological polar surface area (TPSA) is 65.7 Å². The molecule has 0 unspecified atom stereocenters. The minimum atomic E-state index is -0.405. The van der Waals surface area contributed by atoms with Gasteiger partial charge in [0.05, 0.1) is 19.3 Å². The summed E-state index contributed by atoms with van der Waals surface area (Å²) in [4.78, 5) is 11.3. The highest BCUT2D eigenvalue weighted by Crippen LogP contribution is 2.12. The van der Waals surface area contributed by atoms with Gasteiger partial charge in [-0.1, -0.05) is 5.10 Å². The number of ether oxygens (including phenoxy) is 2. The van der Waals surface area contributed by atoms with E-state index in [-0.39, 0.29) is 0 Å². The van der Waals surface area contributed by atoms with Gasteiger partial charge in [-0.15, -0.1) is 5.10 Å². The number of fused-ring (bicyclic) bond motifs is 1. The fourth-order valence-corrected chi connectivity index (χ4v) is 1.34. The van der Waals surface area contributed by atoms with Gasteiger partial charge in [-0.3, -0.25) is 4.40 Å². The van der Waals surface area contributed by atoms with E-state index >= 15 is 0 Å². The number of methoxy groups -OCH3 is 1. The molecule has 0 saturated heterocycles. The Morgan fingerprint density at radius 3 is 2.94 bits per heavy atom. The summed E-state index contributed by atoms with van der Waals surface area (Å²) in [6.45, 7) is 2.34. The van der Waals surface area contributed by atoms with E-state index < -0.39 is 5.97 Å². The van der Waals surface area contributed by atoms with E-state index in [1.54, 1.807) is 22.7 Å². The van der Waals surface area contributed by atoms with E-state index in [0.29, 0.717) is 23.8 Å². The van der Waals surface area contributed by atoms with E-state index in [4.69, 9.17) is 4.74 Å². The quantitative estimate of drug-likeness (QED) is 0.721. The molecule has 0 aliphatic carbocycles. The second-order valence-electron chi connectivity index (χ2n) is 3.05. The zero-order chi connectivity index (χ0) is 11.5. The average Bonchev–Trinajstić information content (AvgIpc) is 2.71. The van der Waals surface area contributed by atoms with Crippen LogP contribution in [0.4, 0.5) is 0 Å². The predicted octanol–water partition coefficient (Wildman–Crippen LogP) is 0.915. The highest BCUT2D eigenvalue weighted by molar-refractivity contribution is 5.89. The van der Waals surface area contributed by atoms with Gasteiger partial charge >= 0.3 is 12.0 Å². The SMILES string of the molecule is CCOc1nnc2ccc(C(=O)OC)cn12. The largest absolute Gasteiger partial charge is 0.465 e. The molecule has 0 amide bonds. The number of carbonyl (C=O) groups excluding carboxylic acids is 1. The fourth-order valence-electron chi connectivity index (χ4n) is 1.34. The number of nitrogens with zero attached hydrogens (tertiary/aromatic N) is 3. The van der Waals surface area contributed by atoms with Gasteiger partial charge in [0.15, 0.2) is 5.65 Å². The number of pyridine rings is 1. The highest BCUT2D eigenvalue weighted by Gasteiger charge is 2.10. The molecule has 0 aliphatic rings. The number of carbonyl (C=O) groups is 1. The van der Waals surface area contributed by atoms with Gasteiger partial charge in [0.1, 0.15) is 0 Å². The monoisotopic (exact) mass is 221 g/mol. The predicted molar refractivity (Wildman–Crippen MR) is 55.5 cm³/mol. The van der Waals surface area contributed by atoms with Crippen LogP contribution in [0, 0.1) is 0 Å². The number of hydrogen-bond donors (Lipinski definition) is 0. The average molecular weight is 221 g/mol. The summed E-state index contributed by atoms with van der Waals surface area (Å²) >= 11 is 0. The van der Waals surface area contributed by atoms with Crippen LogP contribution < -0.4 is 4.74 Å². The summed E-state index contributed by atoms with van der Waals surface area (Å²) in [5.41, 5.74) is 1.05. The lowest BCUT2D eigenvalue weighted by Crippen LogP contribution is -2.04. The van der Waals surface area contributed by atoms with Gasteiger partial charge in [-0.2, -0.15) is 0 Å². The number of hydrogen-bond acceptors (Lipinski definition) is 5. The van der Waals surface area contributed by atoms with Crippen molar-refractivity contribution in [3.8, 4) is 6.01 Å². The van der Waals surface area contributed by atoms with Crippen molar-refractivity contribution in [2.24, 2.45) is 0 Å². The Bertz CT molecular complexity index is 521. The van der Waals surface area contributed by atoms with Gasteiger partial charge in [0.2, 0.25) is 0 Å². The van der Waals surface area contributed by atoms with Crippen molar-refractivity contribution in [3.63, 3.8) is 0 Å². The molecule has 2 aromatic heterocycles. The molecule has 0 spiro atoms. The first-order valence-corrected chi connectivity index (χ1v) is 4.82. The number of aromatic nitrogens is 3. The van der Waals surface area contributed by atoms with Crippen LogP contribution in [0.25, 0.3) is 5.65 Å². The summed E-state index contributed by atoms with van der Waals surface area (Å²) in [5, 5.41) is 7.75. The Hall–Kier alpha value is -2.11. The molecule has 0 atom stereocenters. The molecule has 0 aromatic carbocycles. The van der Waals surface area contributed by atoms with Crippen LogP contribution in [0.2, 0.25) is 0 Å². The van der Waals surface area contributed by atoms with Crippen molar-refractivity contribution in [2.45, 2.75) is 6.92 Å². The zero-order valence-corrected chi connectivity index (χ0v) is 9.01. The number of esters is 1. The smallest absolute Gasteiger partial charge is 0.339 e. The van der Waals surface area contributed by atoms with E-state index in [9.17, 15) is 4.79 Å². The summed E-state index contributed by atoms with van der Waals surface area (Å²) in [6.07, 6.45) is 1.59. The van der Waals surface area contributed by atoms with Crippen molar-refractivity contribution in [3.05, 3.63) is 23.9 Å². The van der Waals surface area contributed by atoms with Crippen LogP contribution in [-0.4, -0.2) is 34.3 Å². The Kier molecular flexibility index (Phi) is 2.72.